The van der Waals surface area contributed by atoms with Crippen LogP contribution < -0.4 is 20.1 Å². The normalized spacial score (nSPS) is 11.5. The van der Waals surface area contributed by atoms with E-state index in [-0.39, 0.29) is 11.9 Å². The predicted molar refractivity (Wildman–Crippen MR) is 137 cm³/mol. The van der Waals surface area contributed by atoms with E-state index in [0.29, 0.717) is 35.0 Å². The van der Waals surface area contributed by atoms with Gasteiger partial charge in [-0.1, -0.05) is 31.7 Å². The molecule has 10 heteroatoms. The Morgan fingerprint density at radius 2 is 1.91 bits per heavy atom. The van der Waals surface area contributed by atoms with Crippen molar-refractivity contribution >= 4 is 40.6 Å². The van der Waals surface area contributed by atoms with Crippen LogP contribution in [-0.2, 0) is 11.3 Å². The molecule has 3 aromatic rings. The average Bonchev–Trinajstić information content (AvgIpc) is 3.19. The summed E-state index contributed by atoms with van der Waals surface area (Å²) in [5.41, 5.74) is 1.58. The first-order valence-electron chi connectivity index (χ1n) is 11.2. The maximum atomic E-state index is 12.3. The number of thioether (sulfide) groups is 1. The molecule has 0 saturated heterocycles. The highest BCUT2D eigenvalue weighted by atomic mass is 32.2. The molecule has 1 amide bonds. The van der Waals surface area contributed by atoms with E-state index in [4.69, 9.17) is 14.5 Å². The summed E-state index contributed by atoms with van der Waals surface area (Å²) < 4.78 is 12.3. The van der Waals surface area contributed by atoms with Gasteiger partial charge in [0.05, 0.1) is 32.3 Å². The van der Waals surface area contributed by atoms with E-state index in [2.05, 4.69) is 48.4 Å². The third-order valence-corrected chi connectivity index (χ3v) is 5.56. The summed E-state index contributed by atoms with van der Waals surface area (Å²) in [4.78, 5) is 21.7. The van der Waals surface area contributed by atoms with E-state index in [1.807, 2.05) is 12.1 Å². The van der Waals surface area contributed by atoms with Gasteiger partial charge < -0.3 is 20.1 Å². The topological polar surface area (TPSA) is 103 Å². The molecule has 0 unspecified atom stereocenters. The van der Waals surface area contributed by atoms with Gasteiger partial charge in [-0.15, -0.1) is 0 Å². The Labute approximate surface area is 204 Å². The lowest BCUT2D eigenvalue weighted by molar-refractivity contribution is -0.116. The lowest BCUT2D eigenvalue weighted by atomic mass is 10.2. The molecular formula is C24H32N6O3S. The zero-order chi connectivity index (χ0) is 24.7. The van der Waals surface area contributed by atoms with Crippen molar-refractivity contribution in [2.45, 2.75) is 50.7 Å². The number of aromatic nitrogens is 4. The molecule has 0 aliphatic heterocycles. The molecule has 0 aliphatic rings. The van der Waals surface area contributed by atoms with Gasteiger partial charge in [0.25, 0.3) is 0 Å². The van der Waals surface area contributed by atoms with Crippen LogP contribution in [0.4, 0.5) is 5.82 Å². The molecule has 0 fully saturated rings. The van der Waals surface area contributed by atoms with Crippen molar-refractivity contribution in [3.8, 4) is 11.5 Å². The molecule has 2 aromatic heterocycles. The SMILES string of the molecule is COc1ccc(/C=C\C(=O)NCCn2ncc3c(NC(C)C)nc(SC(C)C)nc32)cc1OC. The quantitative estimate of drug-likeness (QED) is 0.239. The van der Waals surface area contributed by atoms with E-state index in [1.165, 1.54) is 6.08 Å². The minimum absolute atomic E-state index is 0.195. The van der Waals surface area contributed by atoms with Gasteiger partial charge in [-0.25, -0.2) is 14.6 Å². The summed E-state index contributed by atoms with van der Waals surface area (Å²) >= 11 is 1.61. The van der Waals surface area contributed by atoms with E-state index >= 15 is 0 Å². The molecule has 0 spiro atoms. The summed E-state index contributed by atoms with van der Waals surface area (Å²) in [7, 11) is 3.16. The van der Waals surface area contributed by atoms with Crippen molar-refractivity contribution < 1.29 is 14.3 Å². The summed E-state index contributed by atoms with van der Waals surface area (Å²) in [6.45, 7) is 9.25. The van der Waals surface area contributed by atoms with Crippen LogP contribution in [0.1, 0.15) is 33.3 Å². The molecule has 0 saturated carbocycles. The zero-order valence-electron chi connectivity index (χ0n) is 20.5. The summed E-state index contributed by atoms with van der Waals surface area (Å²) in [5, 5.41) is 12.7. The first kappa shape index (κ1) is 25.4. The van der Waals surface area contributed by atoms with Gasteiger partial charge in [-0.3, -0.25) is 4.79 Å². The lowest BCUT2D eigenvalue weighted by Gasteiger charge is -2.12. The smallest absolute Gasteiger partial charge is 0.244 e. The average molecular weight is 485 g/mol. The Balaban J connectivity index is 1.67. The number of methoxy groups -OCH3 is 2. The number of nitrogens with one attached hydrogen (secondary N) is 2. The van der Waals surface area contributed by atoms with E-state index < -0.39 is 0 Å². The largest absolute Gasteiger partial charge is 0.493 e. The Morgan fingerprint density at radius 3 is 2.59 bits per heavy atom. The van der Waals surface area contributed by atoms with Crippen molar-refractivity contribution in [3.63, 3.8) is 0 Å². The van der Waals surface area contributed by atoms with Crippen LogP contribution in [0.15, 0.2) is 35.6 Å². The number of anilines is 1. The highest BCUT2D eigenvalue weighted by Crippen LogP contribution is 2.28. The highest BCUT2D eigenvalue weighted by molar-refractivity contribution is 7.99. The maximum absolute atomic E-state index is 12.3. The van der Waals surface area contributed by atoms with Crippen LogP contribution in [0.5, 0.6) is 11.5 Å². The molecule has 0 radical (unpaired) electrons. The van der Waals surface area contributed by atoms with Gasteiger partial charge in [0, 0.05) is 23.9 Å². The molecular weight excluding hydrogens is 452 g/mol. The lowest BCUT2D eigenvalue weighted by Crippen LogP contribution is -2.25. The van der Waals surface area contributed by atoms with E-state index in [0.717, 1.165) is 22.4 Å². The van der Waals surface area contributed by atoms with Crippen molar-refractivity contribution in [3.05, 3.63) is 36.0 Å². The fourth-order valence-electron chi connectivity index (χ4n) is 3.22. The first-order valence-corrected chi connectivity index (χ1v) is 12.0. The fourth-order valence-corrected chi connectivity index (χ4v) is 3.92. The standard InChI is InChI=1S/C24H32N6O3S/c1-15(2)27-22-18-14-26-30(23(18)29-24(28-22)34-16(3)4)12-11-25-21(31)10-8-17-7-9-19(32-5)20(13-17)33-6/h7-10,13-16H,11-12H2,1-6H3,(H,25,31)(H,27,28,29)/b10-8-. The van der Waals surface area contributed by atoms with Gasteiger partial charge >= 0.3 is 0 Å². The van der Waals surface area contributed by atoms with Crippen molar-refractivity contribution in [2.24, 2.45) is 0 Å². The van der Waals surface area contributed by atoms with Crippen LogP contribution in [0.25, 0.3) is 17.1 Å². The molecule has 1 aromatic carbocycles. The van der Waals surface area contributed by atoms with Crippen LogP contribution >= 0.6 is 11.8 Å². The number of amides is 1. The number of carbonyl (C=O) groups excluding carboxylic acids is 1. The van der Waals surface area contributed by atoms with Crippen molar-refractivity contribution in [1.29, 1.82) is 0 Å². The molecule has 0 aliphatic carbocycles. The van der Waals surface area contributed by atoms with Gasteiger partial charge in [-0.05, 0) is 37.6 Å². The van der Waals surface area contributed by atoms with Crippen LogP contribution in [0, 0.1) is 0 Å². The van der Waals surface area contributed by atoms with Gasteiger partial charge in [0.15, 0.2) is 22.3 Å². The minimum Gasteiger partial charge on any atom is -0.493 e. The second kappa shape index (κ2) is 11.7. The van der Waals surface area contributed by atoms with E-state index in [9.17, 15) is 4.79 Å². The maximum Gasteiger partial charge on any atom is 0.244 e. The van der Waals surface area contributed by atoms with Crippen LogP contribution in [-0.4, -0.2) is 57.7 Å². The molecule has 3 rings (SSSR count). The molecule has 0 bridgehead atoms. The third kappa shape index (κ3) is 6.63. The van der Waals surface area contributed by atoms with Crippen LogP contribution in [0.2, 0.25) is 0 Å². The number of hydrogen-bond donors (Lipinski definition) is 2. The second-order valence-corrected chi connectivity index (χ2v) is 9.71. The predicted octanol–water partition coefficient (Wildman–Crippen LogP) is 3.99. The second-order valence-electron chi connectivity index (χ2n) is 8.16. The third-order valence-electron chi connectivity index (χ3n) is 4.70. The molecule has 9 nitrogen and oxygen atoms in total. The Kier molecular flexibility index (Phi) is 8.75. The van der Waals surface area contributed by atoms with Gasteiger partial charge in [-0.2, -0.15) is 5.10 Å². The number of fused-ring (bicyclic) bond motifs is 1. The molecule has 34 heavy (non-hydrogen) atoms. The van der Waals surface area contributed by atoms with E-state index in [1.54, 1.807) is 49.0 Å². The zero-order valence-corrected chi connectivity index (χ0v) is 21.3. The Bertz CT molecular complexity index is 1160. The Hall–Kier alpha value is -3.27. The summed E-state index contributed by atoms with van der Waals surface area (Å²) in [5.74, 6) is 1.83. The Morgan fingerprint density at radius 1 is 1.15 bits per heavy atom. The molecule has 2 N–H and O–H groups in total. The number of benzene rings is 1. The number of ether oxygens (including phenoxy) is 2. The number of carbonyl (C=O) groups is 1. The van der Waals surface area contributed by atoms with Gasteiger partial charge in [0.2, 0.25) is 5.91 Å². The fraction of sp³-hybridized carbons (Fsp3) is 0.417. The van der Waals surface area contributed by atoms with Crippen molar-refractivity contribution in [2.75, 3.05) is 26.1 Å². The van der Waals surface area contributed by atoms with Gasteiger partial charge in [0.1, 0.15) is 5.82 Å². The molecule has 0 atom stereocenters. The summed E-state index contributed by atoms with van der Waals surface area (Å²) in [6, 6.07) is 5.70. The highest BCUT2D eigenvalue weighted by Gasteiger charge is 2.15. The number of nitrogens with zero attached hydrogens (tertiary/aromatic N) is 4. The number of rotatable bonds is 11. The van der Waals surface area contributed by atoms with Crippen molar-refractivity contribution in [1.82, 2.24) is 25.1 Å². The molecule has 182 valence electrons. The first-order chi connectivity index (χ1) is 16.3. The minimum atomic E-state index is -0.195. The monoisotopic (exact) mass is 484 g/mol. The molecule has 2 heterocycles. The number of hydrogen-bond acceptors (Lipinski definition) is 8. The summed E-state index contributed by atoms with van der Waals surface area (Å²) in [6.07, 6.45) is 4.99. The van der Waals surface area contributed by atoms with Crippen LogP contribution in [0.3, 0.4) is 0 Å².